The molecule has 14 heavy (non-hydrogen) atoms. The number of unbranched alkanes of at least 4 members (excludes halogenated alkanes) is 1. The molecule has 0 saturated heterocycles. The highest BCUT2D eigenvalue weighted by molar-refractivity contribution is 7.78. The van der Waals surface area contributed by atoms with E-state index < -0.39 is 0 Å². The first kappa shape index (κ1) is 10.9. The molecule has 0 bridgehead atoms. The average Bonchev–Trinajstić information content (AvgIpc) is 2.19. The van der Waals surface area contributed by atoms with Crippen molar-refractivity contribution in [2.45, 2.75) is 19.8 Å². The smallest absolute Gasteiger partial charge is 0.121 e. The summed E-state index contributed by atoms with van der Waals surface area (Å²) in [6.45, 7) is 2.89. The fraction of sp³-hybridized carbons (Fsp3) is 0.364. The molecule has 0 fully saturated rings. The number of hydrogen-bond donors (Lipinski definition) is 0. The van der Waals surface area contributed by atoms with Crippen molar-refractivity contribution in [1.82, 2.24) is 0 Å². The second-order valence-electron chi connectivity index (χ2n) is 2.90. The summed E-state index contributed by atoms with van der Waals surface area (Å²) in [5.41, 5.74) is 0.786. The van der Waals surface area contributed by atoms with Gasteiger partial charge in [0.05, 0.1) is 17.5 Å². The number of thiocarbonyl (C=S) groups is 1. The van der Waals surface area contributed by atoms with Crippen LogP contribution in [0.4, 0.5) is 5.69 Å². The van der Waals surface area contributed by atoms with Crippen LogP contribution in [-0.2, 0) is 0 Å². The van der Waals surface area contributed by atoms with Crippen molar-refractivity contribution in [2.75, 3.05) is 6.61 Å². The van der Waals surface area contributed by atoms with Crippen molar-refractivity contribution in [3.05, 3.63) is 24.3 Å². The first-order valence-electron chi connectivity index (χ1n) is 4.67. The summed E-state index contributed by atoms with van der Waals surface area (Å²) in [5, 5.41) is 2.33. The Bertz CT molecular complexity index is 332. The number of rotatable bonds is 5. The Morgan fingerprint density at radius 3 is 3.07 bits per heavy atom. The van der Waals surface area contributed by atoms with Crippen molar-refractivity contribution in [3.63, 3.8) is 0 Å². The number of aliphatic imine (C=N–C) groups is 1. The molecular weight excluding hydrogens is 194 g/mol. The minimum absolute atomic E-state index is 0.751. The summed E-state index contributed by atoms with van der Waals surface area (Å²) in [5.74, 6) is 0.838. The van der Waals surface area contributed by atoms with Gasteiger partial charge in [0.1, 0.15) is 5.75 Å². The molecule has 0 aromatic heterocycles. The highest BCUT2D eigenvalue weighted by Crippen LogP contribution is 2.19. The Hall–Kier alpha value is -1.18. The van der Waals surface area contributed by atoms with Gasteiger partial charge in [-0.15, -0.1) is 0 Å². The van der Waals surface area contributed by atoms with Crippen LogP contribution in [0.3, 0.4) is 0 Å². The Morgan fingerprint density at radius 2 is 2.36 bits per heavy atom. The normalized spacial score (nSPS) is 9.21. The zero-order valence-corrected chi connectivity index (χ0v) is 9.01. The first-order valence-corrected chi connectivity index (χ1v) is 5.08. The highest BCUT2D eigenvalue weighted by Gasteiger charge is 1.94. The molecule has 0 aliphatic rings. The molecule has 0 saturated carbocycles. The van der Waals surface area contributed by atoms with Crippen molar-refractivity contribution >= 4 is 23.1 Å². The number of isothiocyanates is 1. The molecule has 3 heteroatoms. The molecule has 74 valence electrons. The molecule has 0 amide bonds. The van der Waals surface area contributed by atoms with E-state index in [2.05, 4.69) is 29.3 Å². The zero-order chi connectivity index (χ0) is 10.2. The number of nitrogens with zero attached hydrogens (tertiary/aromatic N) is 1. The van der Waals surface area contributed by atoms with E-state index in [9.17, 15) is 0 Å². The lowest BCUT2D eigenvalue weighted by atomic mass is 10.3. The van der Waals surface area contributed by atoms with Gasteiger partial charge in [0.25, 0.3) is 0 Å². The molecule has 1 aromatic rings. The SMILES string of the molecule is CCCCOc1cccc(N=C=S)c1. The van der Waals surface area contributed by atoms with Crippen molar-refractivity contribution in [3.8, 4) is 5.75 Å². The van der Waals surface area contributed by atoms with E-state index in [4.69, 9.17) is 4.74 Å². The third kappa shape index (κ3) is 3.69. The van der Waals surface area contributed by atoms with Gasteiger partial charge in [-0.1, -0.05) is 19.4 Å². The fourth-order valence-electron chi connectivity index (χ4n) is 1.03. The third-order valence-electron chi connectivity index (χ3n) is 1.76. The molecule has 1 rings (SSSR count). The summed E-state index contributed by atoms with van der Waals surface area (Å²) in [6, 6.07) is 7.53. The topological polar surface area (TPSA) is 21.6 Å². The fourth-order valence-corrected chi connectivity index (χ4v) is 1.14. The molecule has 0 N–H and O–H groups in total. The maximum atomic E-state index is 5.51. The highest BCUT2D eigenvalue weighted by atomic mass is 32.1. The monoisotopic (exact) mass is 207 g/mol. The van der Waals surface area contributed by atoms with Gasteiger partial charge in [0.2, 0.25) is 0 Å². The van der Waals surface area contributed by atoms with Gasteiger partial charge in [-0.25, -0.2) is 0 Å². The number of benzene rings is 1. The molecule has 0 aliphatic carbocycles. The largest absolute Gasteiger partial charge is 0.494 e. The molecule has 0 heterocycles. The van der Waals surface area contributed by atoms with E-state index in [1.165, 1.54) is 0 Å². The lowest BCUT2D eigenvalue weighted by Crippen LogP contribution is -1.95. The lowest BCUT2D eigenvalue weighted by molar-refractivity contribution is 0.309. The van der Waals surface area contributed by atoms with Crippen LogP contribution in [-0.4, -0.2) is 11.8 Å². The zero-order valence-electron chi connectivity index (χ0n) is 8.19. The predicted octanol–water partition coefficient (Wildman–Crippen LogP) is 3.60. The quantitative estimate of drug-likeness (QED) is 0.418. The Labute approximate surface area is 89.6 Å². The summed E-state index contributed by atoms with van der Waals surface area (Å²) in [7, 11) is 0. The Balaban J connectivity index is 2.59. The van der Waals surface area contributed by atoms with Gasteiger partial charge in [0, 0.05) is 6.07 Å². The summed E-state index contributed by atoms with van der Waals surface area (Å²) in [4.78, 5) is 3.88. The summed E-state index contributed by atoms with van der Waals surface area (Å²) >= 11 is 4.53. The van der Waals surface area contributed by atoms with Gasteiger partial charge in [-0.05, 0) is 30.8 Å². The molecular formula is C11H13NOS. The molecule has 0 atom stereocenters. The molecule has 2 nitrogen and oxygen atoms in total. The molecule has 0 aliphatic heterocycles. The van der Waals surface area contributed by atoms with Crippen LogP contribution in [0.25, 0.3) is 0 Å². The van der Waals surface area contributed by atoms with E-state index in [1.54, 1.807) is 0 Å². The van der Waals surface area contributed by atoms with Gasteiger partial charge in [0.15, 0.2) is 0 Å². The maximum absolute atomic E-state index is 5.51. The van der Waals surface area contributed by atoms with Crippen molar-refractivity contribution < 1.29 is 4.74 Å². The van der Waals surface area contributed by atoms with Crippen LogP contribution >= 0.6 is 12.2 Å². The minimum Gasteiger partial charge on any atom is -0.494 e. The van der Waals surface area contributed by atoms with Crippen LogP contribution in [0.1, 0.15) is 19.8 Å². The van der Waals surface area contributed by atoms with Crippen LogP contribution in [0, 0.1) is 0 Å². The van der Waals surface area contributed by atoms with Gasteiger partial charge in [-0.2, -0.15) is 4.99 Å². The Morgan fingerprint density at radius 1 is 1.50 bits per heavy atom. The second kappa shape index (κ2) is 6.30. The van der Waals surface area contributed by atoms with E-state index >= 15 is 0 Å². The van der Waals surface area contributed by atoms with Crippen molar-refractivity contribution in [2.24, 2.45) is 4.99 Å². The van der Waals surface area contributed by atoms with Gasteiger partial charge >= 0.3 is 0 Å². The first-order chi connectivity index (χ1) is 6.86. The summed E-state index contributed by atoms with van der Waals surface area (Å²) in [6.07, 6.45) is 2.21. The van der Waals surface area contributed by atoms with E-state index in [1.807, 2.05) is 24.3 Å². The third-order valence-corrected chi connectivity index (χ3v) is 1.85. The standard InChI is InChI=1S/C11H13NOS/c1-2-3-7-13-11-6-4-5-10(8-11)12-9-14/h4-6,8H,2-3,7H2,1H3. The molecule has 0 unspecified atom stereocenters. The van der Waals surface area contributed by atoms with E-state index in [-0.39, 0.29) is 0 Å². The second-order valence-corrected chi connectivity index (χ2v) is 3.09. The number of hydrogen-bond acceptors (Lipinski definition) is 3. The number of ether oxygens (including phenoxy) is 1. The van der Waals surface area contributed by atoms with E-state index in [0.717, 1.165) is 30.9 Å². The molecule has 0 radical (unpaired) electrons. The van der Waals surface area contributed by atoms with Gasteiger partial charge < -0.3 is 4.74 Å². The average molecular weight is 207 g/mol. The van der Waals surface area contributed by atoms with Crippen LogP contribution < -0.4 is 4.74 Å². The molecule has 0 spiro atoms. The van der Waals surface area contributed by atoms with E-state index in [0.29, 0.717) is 0 Å². The summed E-state index contributed by atoms with van der Waals surface area (Å²) < 4.78 is 5.51. The van der Waals surface area contributed by atoms with Crippen molar-refractivity contribution in [1.29, 1.82) is 0 Å². The lowest BCUT2D eigenvalue weighted by Gasteiger charge is -2.04. The van der Waals surface area contributed by atoms with Crippen LogP contribution in [0.2, 0.25) is 0 Å². The van der Waals surface area contributed by atoms with Gasteiger partial charge in [-0.3, -0.25) is 0 Å². The predicted molar refractivity (Wildman–Crippen MR) is 61.5 cm³/mol. The van der Waals surface area contributed by atoms with Crippen LogP contribution in [0.5, 0.6) is 5.75 Å². The Kier molecular flexibility index (Phi) is 4.90. The van der Waals surface area contributed by atoms with Crippen LogP contribution in [0.15, 0.2) is 29.3 Å². The molecule has 1 aromatic carbocycles. The minimum atomic E-state index is 0.751. The maximum Gasteiger partial charge on any atom is 0.121 e.